The van der Waals surface area contributed by atoms with Gasteiger partial charge in [0.2, 0.25) is 0 Å². The van der Waals surface area contributed by atoms with Crippen LogP contribution < -0.4 is 16.4 Å². The lowest BCUT2D eigenvalue weighted by molar-refractivity contribution is 0.264. The van der Waals surface area contributed by atoms with E-state index in [2.05, 4.69) is 24.8 Å². The maximum Gasteiger partial charge on any atom is 0.147 e. The van der Waals surface area contributed by atoms with Gasteiger partial charge in [0.1, 0.15) is 18.0 Å². The number of fused-ring (bicyclic) bond motifs is 1. The zero-order valence-corrected chi connectivity index (χ0v) is 17.6. The topological polar surface area (TPSA) is 97.2 Å². The molecule has 3 heterocycles. The van der Waals surface area contributed by atoms with Crippen LogP contribution in [0.25, 0.3) is 33.3 Å². The summed E-state index contributed by atoms with van der Waals surface area (Å²) in [4.78, 5) is 17.1. The highest BCUT2D eigenvalue weighted by atomic mass is 19.1. The monoisotopic (exact) mass is 429 g/mol. The van der Waals surface area contributed by atoms with Gasteiger partial charge in [0.25, 0.3) is 0 Å². The third-order valence-corrected chi connectivity index (χ3v) is 5.94. The Balaban J connectivity index is 1.51. The minimum Gasteiger partial charge on any atom is -0.384 e. The fourth-order valence-corrected chi connectivity index (χ4v) is 4.18. The number of aromatic nitrogens is 3. The molecular formula is C24H24FN7. The number of benzene rings is 2. The van der Waals surface area contributed by atoms with E-state index in [-0.39, 0.29) is 5.82 Å². The van der Waals surface area contributed by atoms with Crippen LogP contribution in [0, 0.1) is 5.82 Å². The highest BCUT2D eigenvalue weighted by Crippen LogP contribution is 2.32. The number of pyridine rings is 1. The lowest BCUT2D eigenvalue weighted by Gasteiger charge is -2.35. The fraction of sp³-hybridized carbons (Fsp3) is 0.208. The largest absolute Gasteiger partial charge is 0.384 e. The molecule has 0 bridgehead atoms. The molecule has 0 saturated carbocycles. The molecule has 5 rings (SSSR count). The van der Waals surface area contributed by atoms with Crippen molar-refractivity contribution >= 4 is 22.4 Å². The van der Waals surface area contributed by atoms with Crippen LogP contribution in [0.2, 0.25) is 0 Å². The van der Waals surface area contributed by atoms with Crippen molar-refractivity contribution in [1.82, 2.24) is 19.9 Å². The SMILES string of the molecule is NCN1CCN(c2ccc(-c3ncnc4ccc(-c5ccnc(N)c5)cc34)cc2F)CC1. The Morgan fingerprint density at radius 3 is 2.38 bits per heavy atom. The van der Waals surface area contributed by atoms with E-state index >= 15 is 4.39 Å². The Bertz CT molecular complexity index is 1270. The second-order valence-corrected chi connectivity index (χ2v) is 7.88. The number of halogens is 1. The summed E-state index contributed by atoms with van der Waals surface area (Å²) in [5, 5.41) is 0.851. The van der Waals surface area contributed by atoms with Crippen LogP contribution in [0.1, 0.15) is 0 Å². The summed E-state index contributed by atoms with van der Waals surface area (Å²) in [6, 6.07) is 15.0. The van der Waals surface area contributed by atoms with Crippen LogP contribution in [0.4, 0.5) is 15.9 Å². The van der Waals surface area contributed by atoms with Gasteiger partial charge in [0, 0.05) is 50.0 Å². The maximum atomic E-state index is 15.1. The Kier molecular flexibility index (Phi) is 5.38. The minimum atomic E-state index is -0.256. The van der Waals surface area contributed by atoms with E-state index in [1.165, 1.54) is 6.33 Å². The molecular weight excluding hydrogens is 405 g/mol. The molecule has 0 unspecified atom stereocenters. The molecule has 4 aromatic rings. The van der Waals surface area contributed by atoms with Gasteiger partial charge in [0.05, 0.1) is 16.9 Å². The molecule has 1 aliphatic heterocycles. The van der Waals surface area contributed by atoms with Crippen LogP contribution in [-0.4, -0.2) is 52.7 Å². The van der Waals surface area contributed by atoms with Crippen LogP contribution in [0.5, 0.6) is 0 Å². The molecule has 2 aromatic heterocycles. The Morgan fingerprint density at radius 2 is 1.62 bits per heavy atom. The molecule has 0 radical (unpaired) electrons. The lowest BCUT2D eigenvalue weighted by Crippen LogP contribution is -2.48. The summed E-state index contributed by atoms with van der Waals surface area (Å²) in [6.45, 7) is 3.70. The Morgan fingerprint density at radius 1 is 0.844 bits per heavy atom. The van der Waals surface area contributed by atoms with Crippen molar-refractivity contribution in [2.45, 2.75) is 0 Å². The predicted octanol–water partition coefficient (Wildman–Crippen LogP) is 3.12. The first-order valence-electron chi connectivity index (χ1n) is 10.6. The van der Waals surface area contributed by atoms with E-state index in [9.17, 15) is 0 Å². The third-order valence-electron chi connectivity index (χ3n) is 5.94. The highest BCUT2D eigenvalue weighted by Gasteiger charge is 2.19. The van der Waals surface area contributed by atoms with E-state index in [1.54, 1.807) is 12.3 Å². The Hall–Kier alpha value is -3.62. The van der Waals surface area contributed by atoms with E-state index in [1.807, 2.05) is 42.5 Å². The van der Waals surface area contributed by atoms with Crippen molar-refractivity contribution < 1.29 is 4.39 Å². The quantitative estimate of drug-likeness (QED) is 0.514. The van der Waals surface area contributed by atoms with Gasteiger partial charge in [0.15, 0.2) is 0 Å². The number of hydrogen-bond donors (Lipinski definition) is 2. The normalized spacial score (nSPS) is 14.8. The van der Waals surface area contributed by atoms with Gasteiger partial charge in [-0.25, -0.2) is 19.3 Å². The summed E-state index contributed by atoms with van der Waals surface area (Å²) < 4.78 is 15.1. The molecule has 8 heteroatoms. The van der Waals surface area contributed by atoms with Crippen LogP contribution in [0.15, 0.2) is 61.1 Å². The molecule has 7 nitrogen and oxygen atoms in total. The number of piperazine rings is 1. The second-order valence-electron chi connectivity index (χ2n) is 7.88. The van der Waals surface area contributed by atoms with Gasteiger partial charge in [-0.05, 0) is 47.5 Å². The Labute approximate surface area is 185 Å². The lowest BCUT2D eigenvalue weighted by atomic mass is 10.0. The molecule has 0 aliphatic carbocycles. The zero-order chi connectivity index (χ0) is 22.1. The molecule has 4 N–H and O–H groups in total. The van der Waals surface area contributed by atoms with E-state index in [0.29, 0.717) is 29.4 Å². The summed E-state index contributed by atoms with van der Waals surface area (Å²) in [5.41, 5.74) is 16.3. The van der Waals surface area contributed by atoms with Crippen molar-refractivity contribution in [3.05, 3.63) is 66.9 Å². The van der Waals surface area contributed by atoms with Crippen molar-refractivity contribution in [1.29, 1.82) is 0 Å². The van der Waals surface area contributed by atoms with Crippen molar-refractivity contribution in [2.24, 2.45) is 5.73 Å². The van der Waals surface area contributed by atoms with Crippen molar-refractivity contribution in [2.75, 3.05) is 43.5 Å². The average Bonchev–Trinajstić information content (AvgIpc) is 2.83. The number of nitrogen functional groups attached to an aromatic ring is 1. The van der Waals surface area contributed by atoms with Crippen LogP contribution in [-0.2, 0) is 0 Å². The first-order chi connectivity index (χ1) is 15.6. The van der Waals surface area contributed by atoms with Crippen LogP contribution in [0.3, 0.4) is 0 Å². The smallest absolute Gasteiger partial charge is 0.147 e. The third kappa shape index (κ3) is 3.86. The summed E-state index contributed by atoms with van der Waals surface area (Å²) in [7, 11) is 0. The summed E-state index contributed by atoms with van der Waals surface area (Å²) in [6.07, 6.45) is 3.19. The average molecular weight is 430 g/mol. The molecule has 2 aromatic carbocycles. The number of nitrogens with two attached hydrogens (primary N) is 2. The van der Waals surface area contributed by atoms with Gasteiger partial charge in [-0.2, -0.15) is 0 Å². The molecule has 0 atom stereocenters. The number of nitrogens with zero attached hydrogens (tertiary/aromatic N) is 5. The molecule has 1 saturated heterocycles. The number of anilines is 2. The second kappa shape index (κ2) is 8.49. The summed E-state index contributed by atoms with van der Waals surface area (Å²) >= 11 is 0. The van der Waals surface area contributed by atoms with Gasteiger partial charge in [-0.1, -0.05) is 12.1 Å². The number of hydrogen-bond acceptors (Lipinski definition) is 7. The number of rotatable bonds is 4. The van der Waals surface area contributed by atoms with Crippen molar-refractivity contribution in [3.8, 4) is 22.4 Å². The van der Waals surface area contributed by atoms with E-state index < -0.39 is 0 Å². The van der Waals surface area contributed by atoms with Crippen LogP contribution >= 0.6 is 0 Å². The molecule has 32 heavy (non-hydrogen) atoms. The predicted molar refractivity (Wildman–Crippen MR) is 125 cm³/mol. The standard InChI is InChI=1S/C24H24FN7/c25-20-12-18(2-4-22(20)32-9-7-31(14-26)8-10-32)24-19-11-16(1-3-21(19)29-15-30-24)17-5-6-28-23(27)13-17/h1-6,11-13,15H,7-10,14,26H2,(H2,27,28). The zero-order valence-electron chi connectivity index (χ0n) is 17.6. The minimum absolute atomic E-state index is 0.256. The van der Waals surface area contributed by atoms with Gasteiger partial charge < -0.3 is 16.4 Å². The van der Waals surface area contributed by atoms with Gasteiger partial charge in [-0.15, -0.1) is 0 Å². The summed E-state index contributed by atoms with van der Waals surface area (Å²) in [5.74, 6) is 0.200. The van der Waals surface area contributed by atoms with Gasteiger partial charge in [-0.3, -0.25) is 4.90 Å². The highest BCUT2D eigenvalue weighted by molar-refractivity contribution is 5.95. The molecule has 1 fully saturated rings. The molecule has 1 aliphatic rings. The maximum absolute atomic E-state index is 15.1. The first kappa shape index (κ1) is 20.3. The molecule has 0 spiro atoms. The van der Waals surface area contributed by atoms with E-state index in [0.717, 1.165) is 48.2 Å². The fourth-order valence-electron chi connectivity index (χ4n) is 4.18. The van der Waals surface area contributed by atoms with Gasteiger partial charge >= 0.3 is 0 Å². The molecule has 162 valence electrons. The molecule has 0 amide bonds. The van der Waals surface area contributed by atoms with E-state index in [4.69, 9.17) is 11.5 Å². The first-order valence-corrected chi connectivity index (χ1v) is 10.6. The van der Waals surface area contributed by atoms with Crippen molar-refractivity contribution in [3.63, 3.8) is 0 Å².